The Morgan fingerprint density at radius 1 is 1.38 bits per heavy atom. The number of carbonyl (C=O) groups is 1. The molecule has 2 aromatic heterocycles. The maximum Gasteiger partial charge on any atom is 0.238 e. The molecule has 1 aromatic carbocycles. The Bertz CT molecular complexity index is 1220. The average Bonchev–Trinajstić information content (AvgIpc) is 3.39. The van der Waals surface area contributed by atoms with Crippen LogP contribution in [0.3, 0.4) is 0 Å². The number of benzene rings is 1. The molecule has 0 saturated carbocycles. The molecule has 1 saturated heterocycles. The third kappa shape index (κ3) is 5.37. The van der Waals surface area contributed by atoms with E-state index in [0.29, 0.717) is 12.5 Å². The van der Waals surface area contributed by atoms with Gasteiger partial charge in [-0.05, 0) is 80.1 Å². The normalized spacial score (nSPS) is 17.1. The highest BCUT2D eigenvalue weighted by Gasteiger charge is 2.19. The van der Waals surface area contributed by atoms with E-state index in [0.717, 1.165) is 58.0 Å². The number of nitrogens with one attached hydrogen (secondary N) is 2. The molecule has 7 heteroatoms. The fourth-order valence-electron chi connectivity index (χ4n) is 4.74. The lowest BCUT2D eigenvalue weighted by Gasteiger charge is -2.30. The smallest absolute Gasteiger partial charge is 0.238 e. The first-order valence-electron chi connectivity index (χ1n) is 11.9. The van der Waals surface area contributed by atoms with Crippen LogP contribution in [-0.4, -0.2) is 50.4 Å². The number of amides is 1. The number of nitrogens with zero attached hydrogens (tertiary/aromatic N) is 4. The van der Waals surface area contributed by atoms with Crippen molar-refractivity contribution in [1.82, 2.24) is 24.9 Å². The van der Waals surface area contributed by atoms with Gasteiger partial charge in [-0.25, -0.2) is 0 Å². The highest BCUT2D eigenvalue weighted by atomic mass is 16.2. The van der Waals surface area contributed by atoms with Crippen molar-refractivity contribution in [1.29, 1.82) is 0 Å². The van der Waals surface area contributed by atoms with Crippen LogP contribution in [0.1, 0.15) is 49.1 Å². The highest BCUT2D eigenvalue weighted by Crippen LogP contribution is 2.30. The van der Waals surface area contributed by atoms with Gasteiger partial charge in [-0.15, -0.1) is 0 Å². The summed E-state index contributed by atoms with van der Waals surface area (Å²) in [6.07, 6.45) is 10.1. The Morgan fingerprint density at radius 3 is 2.88 bits per heavy atom. The van der Waals surface area contributed by atoms with Gasteiger partial charge in [-0.1, -0.05) is 19.6 Å². The van der Waals surface area contributed by atoms with Gasteiger partial charge in [0, 0.05) is 36.6 Å². The predicted molar refractivity (Wildman–Crippen MR) is 139 cm³/mol. The first-order valence-corrected chi connectivity index (χ1v) is 11.9. The number of allylic oxidation sites excluding steroid dienone is 1. The number of likely N-dealkylation sites (tertiary alicyclic amines) is 1. The SMILES string of the molecule is C=Cc1[nH]nc(-c2cnn(C)c2)c1/C=C(\C)c1ccc(NC(=O)CN2CCCC(C)C2)cc1C. The molecule has 7 nitrogen and oxygen atoms in total. The fourth-order valence-corrected chi connectivity index (χ4v) is 4.74. The summed E-state index contributed by atoms with van der Waals surface area (Å²) in [6, 6.07) is 6.08. The second kappa shape index (κ2) is 10.2. The summed E-state index contributed by atoms with van der Waals surface area (Å²) in [4.78, 5) is 14.8. The number of H-pyrrole nitrogens is 1. The molecule has 0 radical (unpaired) electrons. The second-order valence-corrected chi connectivity index (χ2v) is 9.39. The lowest BCUT2D eigenvalue weighted by Crippen LogP contribution is -2.39. The molecule has 0 aliphatic carbocycles. The summed E-state index contributed by atoms with van der Waals surface area (Å²) in [5.74, 6) is 0.706. The molecule has 178 valence electrons. The number of aromatic amines is 1. The molecule has 0 bridgehead atoms. The van der Waals surface area contributed by atoms with Gasteiger partial charge in [0.2, 0.25) is 5.91 Å². The van der Waals surface area contributed by atoms with Crippen molar-refractivity contribution in [2.75, 3.05) is 25.0 Å². The van der Waals surface area contributed by atoms with E-state index in [4.69, 9.17) is 0 Å². The number of rotatable bonds is 7. The number of aromatic nitrogens is 4. The van der Waals surface area contributed by atoms with Crippen LogP contribution in [0.25, 0.3) is 29.0 Å². The van der Waals surface area contributed by atoms with Crippen molar-refractivity contribution in [2.24, 2.45) is 13.0 Å². The van der Waals surface area contributed by atoms with E-state index in [1.807, 2.05) is 31.6 Å². The molecule has 1 unspecified atom stereocenters. The van der Waals surface area contributed by atoms with E-state index in [9.17, 15) is 4.79 Å². The van der Waals surface area contributed by atoms with Gasteiger partial charge in [-0.2, -0.15) is 10.2 Å². The largest absolute Gasteiger partial charge is 0.325 e. The van der Waals surface area contributed by atoms with Crippen LogP contribution >= 0.6 is 0 Å². The molecule has 1 aliphatic heterocycles. The zero-order valence-electron chi connectivity index (χ0n) is 20.6. The fraction of sp³-hybridized carbons (Fsp3) is 0.370. The molecular formula is C27H34N6O. The van der Waals surface area contributed by atoms with E-state index in [1.54, 1.807) is 10.8 Å². The van der Waals surface area contributed by atoms with E-state index in [-0.39, 0.29) is 5.91 Å². The zero-order valence-corrected chi connectivity index (χ0v) is 20.6. The summed E-state index contributed by atoms with van der Waals surface area (Å²) in [5.41, 5.74) is 7.79. The van der Waals surface area contributed by atoms with Gasteiger partial charge < -0.3 is 5.32 Å². The molecular weight excluding hydrogens is 424 g/mol. The van der Waals surface area contributed by atoms with Crippen LogP contribution in [0, 0.1) is 12.8 Å². The predicted octanol–water partition coefficient (Wildman–Crippen LogP) is 4.99. The van der Waals surface area contributed by atoms with Crippen molar-refractivity contribution in [3.8, 4) is 11.3 Å². The molecule has 1 atom stereocenters. The third-order valence-corrected chi connectivity index (χ3v) is 6.42. The second-order valence-electron chi connectivity index (χ2n) is 9.39. The molecule has 1 amide bonds. The quantitative estimate of drug-likeness (QED) is 0.523. The maximum absolute atomic E-state index is 12.6. The average molecular weight is 459 g/mol. The van der Waals surface area contributed by atoms with Crippen LogP contribution in [-0.2, 0) is 11.8 Å². The van der Waals surface area contributed by atoms with Crippen LogP contribution in [0.5, 0.6) is 0 Å². The van der Waals surface area contributed by atoms with Gasteiger partial charge >= 0.3 is 0 Å². The molecule has 4 rings (SSSR count). The standard InChI is InChI=1S/C27H34N6O/c1-6-25-24(27(31-30-25)21-14-28-32(5)16-21)13-20(4)23-10-9-22(12-19(23)3)29-26(34)17-33-11-7-8-18(2)15-33/h6,9-10,12-14,16,18H,1,7-8,11,15,17H2,2-5H3,(H,29,34)(H,30,31)/b20-13+. The first-order chi connectivity index (χ1) is 16.3. The molecule has 1 fully saturated rings. The maximum atomic E-state index is 12.6. The number of carbonyl (C=O) groups excluding carboxylic acids is 1. The van der Waals surface area contributed by atoms with E-state index in [1.165, 1.54) is 12.8 Å². The molecule has 1 aliphatic rings. The van der Waals surface area contributed by atoms with Gasteiger partial charge in [0.15, 0.2) is 0 Å². The minimum absolute atomic E-state index is 0.0450. The Hall–Kier alpha value is -3.45. The number of piperidine rings is 1. The number of aryl methyl sites for hydroxylation is 2. The van der Waals surface area contributed by atoms with Gasteiger partial charge in [-0.3, -0.25) is 19.5 Å². The van der Waals surface area contributed by atoms with Crippen molar-refractivity contribution in [3.63, 3.8) is 0 Å². The molecule has 3 aromatic rings. The topological polar surface area (TPSA) is 78.8 Å². The monoisotopic (exact) mass is 458 g/mol. The minimum atomic E-state index is 0.0450. The Kier molecular flexibility index (Phi) is 7.12. The van der Waals surface area contributed by atoms with Crippen molar-refractivity contribution < 1.29 is 4.79 Å². The van der Waals surface area contributed by atoms with Gasteiger partial charge in [0.1, 0.15) is 5.69 Å². The first kappa shape index (κ1) is 23.7. The minimum Gasteiger partial charge on any atom is -0.325 e. The summed E-state index contributed by atoms with van der Waals surface area (Å²) >= 11 is 0. The zero-order chi connectivity index (χ0) is 24.2. The van der Waals surface area contributed by atoms with E-state index in [2.05, 4.69) is 65.0 Å². The molecule has 0 spiro atoms. The summed E-state index contributed by atoms with van der Waals surface area (Å²) in [6.45, 7) is 12.8. The summed E-state index contributed by atoms with van der Waals surface area (Å²) < 4.78 is 1.76. The van der Waals surface area contributed by atoms with Crippen molar-refractivity contribution >= 4 is 29.3 Å². The Morgan fingerprint density at radius 2 is 2.21 bits per heavy atom. The summed E-state index contributed by atoms with van der Waals surface area (Å²) in [5, 5.41) is 14.9. The number of hydrogen-bond donors (Lipinski definition) is 2. The molecule has 2 N–H and O–H groups in total. The Balaban J connectivity index is 1.51. The number of anilines is 1. The molecule has 3 heterocycles. The van der Waals surface area contributed by atoms with Crippen LogP contribution in [0.15, 0.2) is 37.2 Å². The van der Waals surface area contributed by atoms with E-state index < -0.39 is 0 Å². The lowest BCUT2D eigenvalue weighted by atomic mass is 9.97. The van der Waals surface area contributed by atoms with Crippen LogP contribution in [0.2, 0.25) is 0 Å². The third-order valence-electron chi connectivity index (χ3n) is 6.42. The highest BCUT2D eigenvalue weighted by molar-refractivity contribution is 5.93. The van der Waals surface area contributed by atoms with Crippen LogP contribution < -0.4 is 5.32 Å². The van der Waals surface area contributed by atoms with Crippen LogP contribution in [0.4, 0.5) is 5.69 Å². The van der Waals surface area contributed by atoms with E-state index >= 15 is 0 Å². The summed E-state index contributed by atoms with van der Waals surface area (Å²) in [7, 11) is 1.89. The van der Waals surface area contributed by atoms with Gasteiger partial charge in [0.25, 0.3) is 0 Å². The lowest BCUT2D eigenvalue weighted by molar-refractivity contribution is -0.117. The van der Waals surface area contributed by atoms with Crippen molar-refractivity contribution in [3.05, 3.63) is 59.6 Å². The Labute approximate surface area is 201 Å². The van der Waals surface area contributed by atoms with Crippen molar-refractivity contribution in [2.45, 2.75) is 33.6 Å². The van der Waals surface area contributed by atoms with Gasteiger partial charge in [0.05, 0.1) is 18.4 Å². The number of hydrogen-bond acceptors (Lipinski definition) is 4. The molecule has 34 heavy (non-hydrogen) atoms.